The normalized spacial score (nSPS) is 17.8. The van der Waals surface area contributed by atoms with E-state index in [9.17, 15) is 4.79 Å². The zero-order valence-electron chi connectivity index (χ0n) is 14.1. The molecule has 1 unspecified atom stereocenters. The summed E-state index contributed by atoms with van der Waals surface area (Å²) in [5, 5.41) is 4.91. The Hall–Kier alpha value is -1.92. The Morgan fingerprint density at radius 2 is 2.38 bits per heavy atom. The van der Waals surface area contributed by atoms with Crippen molar-refractivity contribution in [2.75, 3.05) is 13.1 Å². The third-order valence-electron chi connectivity index (χ3n) is 4.17. The van der Waals surface area contributed by atoms with Gasteiger partial charge in [0.15, 0.2) is 0 Å². The number of ether oxygens (including phenoxy) is 1. The lowest BCUT2D eigenvalue weighted by Crippen LogP contribution is -2.24. The predicted octanol–water partition coefficient (Wildman–Crippen LogP) is 2.74. The first kappa shape index (κ1) is 16.9. The summed E-state index contributed by atoms with van der Waals surface area (Å²) in [6.45, 7) is 7.12. The Balaban J connectivity index is 1.52. The molecule has 2 aromatic rings. The highest BCUT2D eigenvalue weighted by molar-refractivity contribution is 7.10. The number of carbonyl (C=O) groups excluding carboxylic acids is 1. The number of rotatable bonds is 6. The van der Waals surface area contributed by atoms with Crippen molar-refractivity contribution in [3.8, 4) is 5.75 Å². The summed E-state index contributed by atoms with van der Waals surface area (Å²) in [6, 6.07) is 5.96. The van der Waals surface area contributed by atoms with Gasteiger partial charge in [-0.1, -0.05) is 0 Å². The van der Waals surface area contributed by atoms with Crippen LogP contribution in [-0.4, -0.2) is 35.0 Å². The summed E-state index contributed by atoms with van der Waals surface area (Å²) < 4.78 is 6.11. The maximum Gasteiger partial charge on any atom is 0.217 e. The summed E-state index contributed by atoms with van der Waals surface area (Å²) in [6.07, 6.45) is 2.98. The first-order valence-electron chi connectivity index (χ1n) is 8.21. The van der Waals surface area contributed by atoms with Crippen molar-refractivity contribution in [2.24, 2.45) is 0 Å². The van der Waals surface area contributed by atoms with Gasteiger partial charge in [-0.25, -0.2) is 0 Å². The fourth-order valence-electron chi connectivity index (χ4n) is 2.84. The molecular weight excluding hydrogens is 322 g/mol. The summed E-state index contributed by atoms with van der Waals surface area (Å²) in [5.41, 5.74) is 2.19. The average molecular weight is 345 g/mol. The molecule has 1 aliphatic rings. The molecule has 0 saturated carbocycles. The second-order valence-corrected chi connectivity index (χ2v) is 7.18. The number of hydrogen-bond acceptors (Lipinski definition) is 5. The van der Waals surface area contributed by atoms with Gasteiger partial charge in [0.1, 0.15) is 11.9 Å². The highest BCUT2D eigenvalue weighted by Gasteiger charge is 2.24. The molecule has 6 heteroatoms. The number of amides is 1. The van der Waals surface area contributed by atoms with E-state index in [0.717, 1.165) is 37.5 Å². The van der Waals surface area contributed by atoms with Gasteiger partial charge in [-0.05, 0) is 36.4 Å². The summed E-state index contributed by atoms with van der Waals surface area (Å²) >= 11 is 1.83. The summed E-state index contributed by atoms with van der Waals surface area (Å²) in [5.74, 6) is 0.767. The molecule has 24 heavy (non-hydrogen) atoms. The molecule has 5 nitrogen and oxygen atoms in total. The van der Waals surface area contributed by atoms with Crippen LogP contribution in [0.1, 0.15) is 29.5 Å². The van der Waals surface area contributed by atoms with E-state index in [1.54, 1.807) is 6.20 Å². The third-order valence-corrected chi connectivity index (χ3v) is 5.18. The lowest BCUT2D eigenvalue weighted by Gasteiger charge is -2.17. The van der Waals surface area contributed by atoms with Gasteiger partial charge in [-0.2, -0.15) is 0 Å². The smallest absolute Gasteiger partial charge is 0.217 e. The number of hydrogen-bond donors (Lipinski definition) is 1. The molecule has 0 spiro atoms. The van der Waals surface area contributed by atoms with Gasteiger partial charge in [0, 0.05) is 43.7 Å². The van der Waals surface area contributed by atoms with Crippen LogP contribution in [0.3, 0.4) is 0 Å². The van der Waals surface area contributed by atoms with Crippen molar-refractivity contribution < 1.29 is 9.53 Å². The van der Waals surface area contributed by atoms with E-state index in [1.165, 1.54) is 17.4 Å². The van der Waals surface area contributed by atoms with E-state index >= 15 is 0 Å². The minimum atomic E-state index is -0.0570. The number of nitrogens with one attached hydrogen (secondary N) is 1. The van der Waals surface area contributed by atoms with Crippen LogP contribution >= 0.6 is 11.3 Å². The lowest BCUT2D eigenvalue weighted by atomic mass is 10.3. The first-order valence-corrected chi connectivity index (χ1v) is 9.09. The average Bonchev–Trinajstić information content (AvgIpc) is 3.16. The zero-order chi connectivity index (χ0) is 16.9. The van der Waals surface area contributed by atoms with Gasteiger partial charge < -0.3 is 10.1 Å². The van der Waals surface area contributed by atoms with Crippen molar-refractivity contribution in [1.82, 2.24) is 15.2 Å². The second-order valence-electron chi connectivity index (χ2n) is 6.18. The maximum atomic E-state index is 11.0. The van der Waals surface area contributed by atoms with E-state index in [1.807, 2.05) is 23.5 Å². The summed E-state index contributed by atoms with van der Waals surface area (Å²) in [7, 11) is 0. The van der Waals surface area contributed by atoms with Crippen molar-refractivity contribution in [3.05, 3.63) is 45.9 Å². The van der Waals surface area contributed by atoms with Gasteiger partial charge in [-0.15, -0.1) is 11.3 Å². The Bertz CT molecular complexity index is 701. The molecule has 1 amide bonds. The fraction of sp³-hybridized carbons (Fsp3) is 0.444. The van der Waals surface area contributed by atoms with Crippen molar-refractivity contribution in [2.45, 2.75) is 39.5 Å². The van der Waals surface area contributed by atoms with Crippen LogP contribution in [0.15, 0.2) is 29.8 Å². The standard InChI is InChI=1S/C18H23N3O2S/c1-13-5-8-24-18(13)12-21-7-4-17(11-21)23-16-3-6-19-15(9-16)10-20-14(2)22/h3,5-6,8-9,17H,4,7,10-12H2,1-2H3,(H,20,22). The van der Waals surface area contributed by atoms with Crippen molar-refractivity contribution >= 4 is 17.2 Å². The van der Waals surface area contributed by atoms with Gasteiger partial charge in [0.25, 0.3) is 0 Å². The number of aryl methyl sites for hydroxylation is 1. The SMILES string of the molecule is CC(=O)NCc1cc(OC2CCN(Cc3sccc3C)C2)ccn1. The molecule has 1 fully saturated rings. The second kappa shape index (κ2) is 7.77. The molecule has 0 bridgehead atoms. The largest absolute Gasteiger partial charge is 0.489 e. The van der Waals surface area contributed by atoms with Crippen LogP contribution in [0.2, 0.25) is 0 Å². The quantitative estimate of drug-likeness (QED) is 0.875. The van der Waals surface area contributed by atoms with Crippen LogP contribution in [0.5, 0.6) is 5.75 Å². The monoisotopic (exact) mass is 345 g/mol. The Morgan fingerprint density at radius 1 is 1.50 bits per heavy atom. The highest BCUT2D eigenvalue weighted by atomic mass is 32.1. The number of nitrogens with zero attached hydrogens (tertiary/aromatic N) is 2. The summed E-state index contributed by atoms with van der Waals surface area (Å²) in [4.78, 5) is 19.1. The van der Waals surface area contributed by atoms with E-state index in [0.29, 0.717) is 6.54 Å². The first-order chi connectivity index (χ1) is 11.6. The van der Waals surface area contributed by atoms with E-state index in [2.05, 4.69) is 33.6 Å². The number of pyridine rings is 1. The van der Waals surface area contributed by atoms with Gasteiger partial charge in [0.2, 0.25) is 5.91 Å². The number of thiophene rings is 1. The van der Waals surface area contributed by atoms with Crippen LogP contribution in [0.4, 0.5) is 0 Å². The highest BCUT2D eigenvalue weighted by Crippen LogP contribution is 2.23. The van der Waals surface area contributed by atoms with Gasteiger partial charge in [-0.3, -0.25) is 14.7 Å². The Labute approximate surface area is 146 Å². The van der Waals surface area contributed by atoms with Crippen LogP contribution in [0.25, 0.3) is 0 Å². The number of aromatic nitrogens is 1. The molecule has 0 radical (unpaired) electrons. The molecule has 1 N–H and O–H groups in total. The molecule has 2 aromatic heterocycles. The molecule has 1 atom stereocenters. The molecule has 1 aliphatic heterocycles. The Morgan fingerprint density at radius 3 is 3.12 bits per heavy atom. The van der Waals surface area contributed by atoms with Gasteiger partial charge >= 0.3 is 0 Å². The predicted molar refractivity (Wildman–Crippen MR) is 95.1 cm³/mol. The minimum Gasteiger partial charge on any atom is -0.489 e. The molecule has 0 aromatic carbocycles. The van der Waals surface area contributed by atoms with E-state index in [-0.39, 0.29) is 12.0 Å². The molecule has 3 rings (SSSR count). The topological polar surface area (TPSA) is 54.5 Å². The van der Waals surface area contributed by atoms with Crippen LogP contribution < -0.4 is 10.1 Å². The number of likely N-dealkylation sites (tertiary alicyclic amines) is 1. The fourth-order valence-corrected chi connectivity index (χ4v) is 3.79. The molecule has 0 aliphatic carbocycles. The van der Waals surface area contributed by atoms with E-state index in [4.69, 9.17) is 4.74 Å². The molecule has 1 saturated heterocycles. The minimum absolute atomic E-state index is 0.0570. The van der Waals surface area contributed by atoms with E-state index < -0.39 is 0 Å². The molecule has 3 heterocycles. The molecular formula is C18H23N3O2S. The maximum absolute atomic E-state index is 11.0. The van der Waals surface area contributed by atoms with Crippen molar-refractivity contribution in [3.63, 3.8) is 0 Å². The van der Waals surface area contributed by atoms with Crippen LogP contribution in [-0.2, 0) is 17.9 Å². The third kappa shape index (κ3) is 4.55. The number of carbonyl (C=O) groups is 1. The zero-order valence-corrected chi connectivity index (χ0v) is 14.9. The lowest BCUT2D eigenvalue weighted by molar-refractivity contribution is -0.119. The molecule has 128 valence electrons. The van der Waals surface area contributed by atoms with Gasteiger partial charge in [0.05, 0.1) is 12.2 Å². The van der Waals surface area contributed by atoms with Crippen LogP contribution in [0, 0.1) is 6.92 Å². The van der Waals surface area contributed by atoms with Crippen molar-refractivity contribution in [1.29, 1.82) is 0 Å². The Kier molecular flexibility index (Phi) is 5.48.